The highest BCUT2D eigenvalue weighted by Gasteiger charge is 2.10. The lowest BCUT2D eigenvalue weighted by atomic mass is 10.1. The molecule has 0 bridgehead atoms. The van der Waals surface area contributed by atoms with Crippen LogP contribution in [0.1, 0.15) is 24.1 Å². The van der Waals surface area contributed by atoms with E-state index in [1.54, 1.807) is 11.3 Å². The number of rotatable bonds is 4. The van der Waals surface area contributed by atoms with Crippen LogP contribution in [0.25, 0.3) is 0 Å². The van der Waals surface area contributed by atoms with Gasteiger partial charge in [-0.05, 0) is 57.6 Å². The summed E-state index contributed by atoms with van der Waals surface area (Å²) in [6, 6.07) is 8.14. The third-order valence-corrected chi connectivity index (χ3v) is 4.81. The van der Waals surface area contributed by atoms with E-state index in [4.69, 9.17) is 17.3 Å². The second-order valence-corrected chi connectivity index (χ2v) is 7.31. The van der Waals surface area contributed by atoms with Crippen molar-refractivity contribution in [3.8, 4) is 0 Å². The first kappa shape index (κ1) is 14.9. The van der Waals surface area contributed by atoms with Crippen molar-refractivity contribution in [1.82, 2.24) is 0 Å². The van der Waals surface area contributed by atoms with E-state index >= 15 is 0 Å². The summed E-state index contributed by atoms with van der Waals surface area (Å²) in [5.41, 5.74) is 9.21. The Morgan fingerprint density at radius 2 is 2.16 bits per heavy atom. The summed E-state index contributed by atoms with van der Waals surface area (Å²) in [4.78, 5) is 2.14. The van der Waals surface area contributed by atoms with Gasteiger partial charge in [0, 0.05) is 19.6 Å². The minimum Gasteiger partial charge on any atom is -0.369 e. The smallest absolute Gasteiger partial charge is 0.0701 e. The number of halogens is 2. The molecule has 5 heteroatoms. The monoisotopic (exact) mass is 358 g/mol. The molecule has 0 amide bonds. The zero-order valence-electron chi connectivity index (χ0n) is 10.9. The van der Waals surface area contributed by atoms with Gasteiger partial charge in [-0.3, -0.25) is 0 Å². The van der Waals surface area contributed by atoms with Gasteiger partial charge in [0.05, 0.1) is 14.5 Å². The van der Waals surface area contributed by atoms with Gasteiger partial charge in [0.15, 0.2) is 0 Å². The second-order valence-electron chi connectivity index (χ2n) is 4.61. The summed E-state index contributed by atoms with van der Waals surface area (Å²) in [6.07, 6.45) is 0. The summed E-state index contributed by atoms with van der Waals surface area (Å²) >= 11 is 11.5. The molecule has 0 spiro atoms. The van der Waals surface area contributed by atoms with E-state index in [0.717, 1.165) is 26.6 Å². The van der Waals surface area contributed by atoms with Crippen molar-refractivity contribution in [2.24, 2.45) is 5.73 Å². The number of anilines is 1. The van der Waals surface area contributed by atoms with Gasteiger partial charge in [0.2, 0.25) is 0 Å². The van der Waals surface area contributed by atoms with Crippen LogP contribution in [0.4, 0.5) is 5.69 Å². The Bertz CT molecular complexity index is 568. The molecular formula is C14H16BrClN2S. The van der Waals surface area contributed by atoms with Crippen LogP contribution in [0.2, 0.25) is 5.02 Å². The van der Waals surface area contributed by atoms with Gasteiger partial charge in [-0.2, -0.15) is 0 Å². The fourth-order valence-corrected chi connectivity index (χ4v) is 3.44. The second kappa shape index (κ2) is 6.27. The Kier molecular flexibility index (Phi) is 4.90. The van der Waals surface area contributed by atoms with Crippen LogP contribution in [0, 0.1) is 0 Å². The van der Waals surface area contributed by atoms with Crippen molar-refractivity contribution in [2.75, 3.05) is 11.9 Å². The molecule has 1 aromatic carbocycles. The number of hydrogen-bond donors (Lipinski definition) is 1. The third-order valence-electron chi connectivity index (χ3n) is 2.95. The van der Waals surface area contributed by atoms with Crippen LogP contribution < -0.4 is 10.6 Å². The SMILES string of the molecule is CC(N)c1ccc(N(C)Cc2csc(Br)c2)c(Cl)c1. The molecule has 19 heavy (non-hydrogen) atoms. The van der Waals surface area contributed by atoms with Crippen molar-refractivity contribution in [2.45, 2.75) is 19.5 Å². The average molecular weight is 360 g/mol. The molecule has 1 heterocycles. The molecule has 2 aromatic rings. The van der Waals surface area contributed by atoms with Crippen LogP contribution in [0.15, 0.2) is 33.4 Å². The van der Waals surface area contributed by atoms with Gasteiger partial charge < -0.3 is 10.6 Å². The van der Waals surface area contributed by atoms with E-state index in [0.29, 0.717) is 0 Å². The molecule has 0 radical (unpaired) electrons. The highest BCUT2D eigenvalue weighted by Crippen LogP contribution is 2.30. The van der Waals surface area contributed by atoms with Gasteiger partial charge in [-0.1, -0.05) is 17.7 Å². The maximum Gasteiger partial charge on any atom is 0.0701 e. The summed E-state index contributed by atoms with van der Waals surface area (Å²) in [6.45, 7) is 2.79. The molecule has 2 rings (SSSR count). The molecule has 0 aliphatic rings. The topological polar surface area (TPSA) is 29.3 Å². The van der Waals surface area contributed by atoms with Crippen molar-refractivity contribution < 1.29 is 0 Å². The van der Waals surface area contributed by atoms with E-state index in [-0.39, 0.29) is 6.04 Å². The molecule has 1 atom stereocenters. The number of benzene rings is 1. The molecule has 0 saturated carbocycles. The van der Waals surface area contributed by atoms with Gasteiger partial charge in [0.1, 0.15) is 0 Å². The molecule has 2 N–H and O–H groups in total. The molecule has 102 valence electrons. The van der Waals surface area contributed by atoms with E-state index in [9.17, 15) is 0 Å². The minimum absolute atomic E-state index is 0.00434. The fourth-order valence-electron chi connectivity index (χ4n) is 1.90. The van der Waals surface area contributed by atoms with E-state index < -0.39 is 0 Å². The molecule has 0 fully saturated rings. The minimum atomic E-state index is 0.00434. The van der Waals surface area contributed by atoms with Crippen molar-refractivity contribution in [3.05, 3.63) is 49.6 Å². The average Bonchev–Trinajstić information content (AvgIpc) is 2.74. The molecule has 1 unspecified atom stereocenters. The van der Waals surface area contributed by atoms with Crippen molar-refractivity contribution in [1.29, 1.82) is 0 Å². The van der Waals surface area contributed by atoms with Crippen LogP contribution in [-0.4, -0.2) is 7.05 Å². The Morgan fingerprint density at radius 3 is 2.68 bits per heavy atom. The lowest BCUT2D eigenvalue weighted by molar-refractivity contribution is 0.817. The molecule has 0 aliphatic heterocycles. The molecule has 1 aromatic heterocycles. The Balaban J connectivity index is 2.17. The predicted molar refractivity (Wildman–Crippen MR) is 88.2 cm³/mol. The first-order valence-corrected chi connectivity index (χ1v) is 8.01. The summed E-state index contributed by atoms with van der Waals surface area (Å²) in [5, 5.41) is 2.89. The molecular weight excluding hydrogens is 344 g/mol. The number of nitrogens with two attached hydrogens (primary N) is 1. The van der Waals surface area contributed by atoms with Crippen LogP contribution >= 0.6 is 38.9 Å². The highest BCUT2D eigenvalue weighted by atomic mass is 79.9. The Labute approximate surface area is 131 Å². The molecule has 2 nitrogen and oxygen atoms in total. The van der Waals surface area contributed by atoms with E-state index in [1.807, 2.05) is 32.2 Å². The molecule has 0 saturated heterocycles. The maximum atomic E-state index is 6.34. The van der Waals surface area contributed by atoms with Gasteiger partial charge in [-0.25, -0.2) is 0 Å². The van der Waals surface area contributed by atoms with Gasteiger partial charge in [0.25, 0.3) is 0 Å². The van der Waals surface area contributed by atoms with Gasteiger partial charge in [-0.15, -0.1) is 11.3 Å². The summed E-state index contributed by atoms with van der Waals surface area (Å²) in [7, 11) is 2.04. The Hall–Kier alpha value is -0.550. The quantitative estimate of drug-likeness (QED) is 0.848. The van der Waals surface area contributed by atoms with Crippen LogP contribution in [-0.2, 0) is 6.54 Å². The standard InChI is InChI=1S/C14H16BrClN2S/c1-9(17)11-3-4-13(12(16)6-11)18(2)7-10-5-14(15)19-8-10/h3-6,8-9H,7,17H2,1-2H3. The summed E-state index contributed by atoms with van der Waals surface area (Å²) < 4.78 is 1.15. The van der Waals surface area contributed by atoms with Crippen LogP contribution in [0.3, 0.4) is 0 Å². The van der Waals surface area contributed by atoms with E-state index in [2.05, 4.69) is 32.3 Å². The fraction of sp³-hybridized carbons (Fsp3) is 0.286. The van der Waals surface area contributed by atoms with Gasteiger partial charge >= 0.3 is 0 Å². The van der Waals surface area contributed by atoms with E-state index in [1.165, 1.54) is 5.56 Å². The lowest BCUT2D eigenvalue weighted by Crippen LogP contribution is -2.16. The molecule has 0 aliphatic carbocycles. The third kappa shape index (κ3) is 3.72. The first-order chi connectivity index (χ1) is 8.97. The highest BCUT2D eigenvalue weighted by molar-refractivity contribution is 9.11. The zero-order chi connectivity index (χ0) is 14.0. The number of thiophene rings is 1. The number of nitrogens with zero attached hydrogens (tertiary/aromatic N) is 1. The zero-order valence-corrected chi connectivity index (χ0v) is 14.0. The first-order valence-electron chi connectivity index (χ1n) is 5.96. The lowest BCUT2D eigenvalue weighted by Gasteiger charge is -2.21. The van der Waals surface area contributed by atoms with Crippen molar-refractivity contribution >= 4 is 44.6 Å². The Morgan fingerprint density at radius 1 is 1.42 bits per heavy atom. The number of hydrogen-bond acceptors (Lipinski definition) is 3. The van der Waals surface area contributed by atoms with Crippen molar-refractivity contribution in [3.63, 3.8) is 0 Å². The normalized spacial score (nSPS) is 12.5. The predicted octanol–water partition coefficient (Wildman–Crippen LogP) is 4.82. The van der Waals surface area contributed by atoms with Crippen LogP contribution in [0.5, 0.6) is 0 Å². The largest absolute Gasteiger partial charge is 0.369 e. The maximum absolute atomic E-state index is 6.34. The summed E-state index contributed by atoms with van der Waals surface area (Å²) in [5.74, 6) is 0.